The summed E-state index contributed by atoms with van der Waals surface area (Å²) in [5.41, 5.74) is 9.14. The van der Waals surface area contributed by atoms with Crippen molar-refractivity contribution in [1.29, 1.82) is 0 Å². The highest BCUT2D eigenvalue weighted by atomic mass is 16.1. The van der Waals surface area contributed by atoms with E-state index in [4.69, 9.17) is 5.73 Å². The molecule has 2 heterocycles. The normalized spacial score (nSPS) is 15.1. The fourth-order valence-corrected chi connectivity index (χ4v) is 2.10. The zero-order chi connectivity index (χ0) is 10.4. The Balaban J connectivity index is 2.38. The zero-order valence-electron chi connectivity index (χ0n) is 8.13. The van der Waals surface area contributed by atoms with E-state index < -0.39 is 0 Å². The molecular weight excluding hydrogens is 190 g/mol. The third-order valence-electron chi connectivity index (χ3n) is 2.79. The van der Waals surface area contributed by atoms with Gasteiger partial charge in [0.15, 0.2) is 0 Å². The fraction of sp³-hybridized carbons (Fsp3) is 0.182. The van der Waals surface area contributed by atoms with Crippen molar-refractivity contribution in [3.63, 3.8) is 0 Å². The maximum atomic E-state index is 11.7. The van der Waals surface area contributed by atoms with E-state index in [1.807, 2.05) is 18.2 Å². The lowest BCUT2D eigenvalue weighted by Gasteiger charge is -2.11. The number of hydrogen-bond donors (Lipinski definition) is 3. The lowest BCUT2D eigenvalue weighted by atomic mass is 10.1. The third kappa shape index (κ3) is 1.11. The molecule has 0 spiro atoms. The van der Waals surface area contributed by atoms with Crippen molar-refractivity contribution in [3.05, 3.63) is 29.5 Å². The fourth-order valence-electron chi connectivity index (χ4n) is 2.10. The van der Waals surface area contributed by atoms with Crippen LogP contribution in [0.25, 0.3) is 10.9 Å². The Morgan fingerprint density at radius 3 is 3.07 bits per heavy atom. The summed E-state index contributed by atoms with van der Waals surface area (Å²) in [6.45, 7) is 0.703. The molecule has 1 aliphatic heterocycles. The Labute approximate surface area is 86.5 Å². The number of carbonyl (C=O) groups excluding carboxylic acids is 1. The van der Waals surface area contributed by atoms with Gasteiger partial charge in [-0.1, -0.05) is 0 Å². The van der Waals surface area contributed by atoms with Gasteiger partial charge in [0.2, 0.25) is 0 Å². The second-order valence-electron chi connectivity index (χ2n) is 3.79. The summed E-state index contributed by atoms with van der Waals surface area (Å²) in [4.78, 5) is 15.0. The molecule has 0 saturated heterocycles. The molecule has 15 heavy (non-hydrogen) atoms. The lowest BCUT2D eigenvalue weighted by Crippen LogP contribution is -2.31. The zero-order valence-corrected chi connectivity index (χ0v) is 8.13. The van der Waals surface area contributed by atoms with Crippen molar-refractivity contribution in [2.24, 2.45) is 0 Å². The summed E-state index contributed by atoms with van der Waals surface area (Å²) in [5.74, 6) is -0.00639. The summed E-state index contributed by atoms with van der Waals surface area (Å²) in [5, 5.41) is 3.75. The van der Waals surface area contributed by atoms with Gasteiger partial charge in [0.05, 0.1) is 5.56 Å². The maximum absolute atomic E-state index is 11.7. The molecule has 0 fully saturated rings. The quantitative estimate of drug-likeness (QED) is 0.557. The van der Waals surface area contributed by atoms with E-state index >= 15 is 0 Å². The van der Waals surface area contributed by atoms with Crippen molar-refractivity contribution < 1.29 is 4.79 Å². The second kappa shape index (κ2) is 2.76. The minimum atomic E-state index is -0.00639. The number of H-pyrrole nitrogens is 1. The number of amides is 1. The summed E-state index contributed by atoms with van der Waals surface area (Å²) in [6.07, 6.45) is 0.857. The molecule has 0 radical (unpaired) electrons. The Morgan fingerprint density at radius 1 is 1.33 bits per heavy atom. The van der Waals surface area contributed by atoms with Crippen molar-refractivity contribution in [2.45, 2.75) is 6.42 Å². The first-order valence-electron chi connectivity index (χ1n) is 4.94. The molecular formula is C11H11N3O. The Morgan fingerprint density at radius 2 is 2.20 bits per heavy atom. The van der Waals surface area contributed by atoms with Crippen LogP contribution in [0.1, 0.15) is 16.1 Å². The molecule has 0 unspecified atom stereocenters. The van der Waals surface area contributed by atoms with Crippen molar-refractivity contribution in [3.8, 4) is 0 Å². The van der Waals surface area contributed by atoms with Gasteiger partial charge in [0.25, 0.3) is 5.91 Å². The van der Waals surface area contributed by atoms with Gasteiger partial charge < -0.3 is 16.0 Å². The number of carbonyl (C=O) groups is 1. The highest BCUT2D eigenvalue weighted by Crippen LogP contribution is 2.26. The number of fused-ring (bicyclic) bond motifs is 3. The van der Waals surface area contributed by atoms with Crippen LogP contribution in [0.3, 0.4) is 0 Å². The Kier molecular flexibility index (Phi) is 1.54. The molecule has 3 rings (SSSR count). The summed E-state index contributed by atoms with van der Waals surface area (Å²) >= 11 is 0. The Bertz CT molecular complexity index is 556. The van der Waals surface area contributed by atoms with Gasteiger partial charge in [0, 0.05) is 35.2 Å². The van der Waals surface area contributed by atoms with E-state index in [2.05, 4.69) is 10.3 Å². The van der Waals surface area contributed by atoms with E-state index in [1.54, 1.807) is 0 Å². The molecule has 0 atom stereocenters. The smallest absolute Gasteiger partial charge is 0.253 e. The summed E-state index contributed by atoms with van der Waals surface area (Å²) < 4.78 is 0. The van der Waals surface area contributed by atoms with Crippen LogP contribution in [0, 0.1) is 0 Å². The first-order chi connectivity index (χ1) is 7.25. The van der Waals surface area contributed by atoms with Gasteiger partial charge in [-0.3, -0.25) is 4.79 Å². The third-order valence-corrected chi connectivity index (χ3v) is 2.79. The average Bonchev–Trinajstić information content (AvgIpc) is 2.57. The largest absolute Gasteiger partial charge is 0.399 e. The lowest BCUT2D eigenvalue weighted by molar-refractivity contribution is 0.0947. The van der Waals surface area contributed by atoms with E-state index in [9.17, 15) is 4.79 Å². The van der Waals surface area contributed by atoms with Gasteiger partial charge in [0.1, 0.15) is 0 Å². The predicted molar refractivity (Wildman–Crippen MR) is 58.7 cm³/mol. The molecule has 0 aliphatic carbocycles. The van der Waals surface area contributed by atoms with E-state index in [-0.39, 0.29) is 5.91 Å². The molecule has 1 aliphatic rings. The maximum Gasteiger partial charge on any atom is 0.253 e. The minimum absolute atomic E-state index is 0.00639. The van der Waals surface area contributed by atoms with Gasteiger partial charge in [-0.15, -0.1) is 0 Å². The molecule has 76 valence electrons. The highest BCUT2D eigenvalue weighted by Gasteiger charge is 2.21. The number of benzene rings is 1. The van der Waals surface area contributed by atoms with Crippen LogP contribution >= 0.6 is 0 Å². The number of aromatic amines is 1. The number of rotatable bonds is 0. The van der Waals surface area contributed by atoms with Gasteiger partial charge in [-0.05, 0) is 18.2 Å². The van der Waals surface area contributed by atoms with Gasteiger partial charge in [-0.25, -0.2) is 0 Å². The standard InChI is InChI=1S/C11H11N3O/c12-6-1-2-8-7(5-6)10-9(14-8)3-4-13-11(10)15/h1-2,5,14H,3-4,12H2,(H,13,15). The van der Waals surface area contributed by atoms with Crippen LogP contribution in [0.5, 0.6) is 0 Å². The van der Waals surface area contributed by atoms with Crippen molar-refractivity contribution in [1.82, 2.24) is 10.3 Å². The topological polar surface area (TPSA) is 70.9 Å². The van der Waals surface area contributed by atoms with E-state index in [1.165, 1.54) is 0 Å². The highest BCUT2D eigenvalue weighted by molar-refractivity contribution is 6.09. The molecule has 4 N–H and O–H groups in total. The van der Waals surface area contributed by atoms with Crippen LogP contribution in [-0.4, -0.2) is 17.4 Å². The molecule has 4 nitrogen and oxygen atoms in total. The SMILES string of the molecule is Nc1ccc2[nH]c3c(c2c1)C(=O)NCC3. The summed E-state index contributed by atoms with van der Waals surface area (Å²) in [6, 6.07) is 5.59. The number of hydrogen-bond acceptors (Lipinski definition) is 2. The molecule has 0 bridgehead atoms. The number of nitrogen functional groups attached to an aromatic ring is 1. The Hall–Kier alpha value is -1.97. The van der Waals surface area contributed by atoms with Crippen LogP contribution in [0.15, 0.2) is 18.2 Å². The molecule has 1 aromatic carbocycles. The van der Waals surface area contributed by atoms with Crippen LogP contribution < -0.4 is 11.1 Å². The van der Waals surface area contributed by atoms with Gasteiger partial charge in [-0.2, -0.15) is 0 Å². The van der Waals surface area contributed by atoms with Crippen LogP contribution in [-0.2, 0) is 6.42 Å². The summed E-state index contributed by atoms with van der Waals surface area (Å²) in [7, 11) is 0. The average molecular weight is 201 g/mol. The van der Waals surface area contributed by atoms with Gasteiger partial charge >= 0.3 is 0 Å². The molecule has 1 amide bonds. The monoisotopic (exact) mass is 201 g/mol. The number of anilines is 1. The molecule has 4 heteroatoms. The van der Waals surface area contributed by atoms with E-state index in [0.29, 0.717) is 12.2 Å². The molecule has 1 aromatic heterocycles. The number of nitrogens with one attached hydrogen (secondary N) is 2. The molecule has 0 saturated carbocycles. The predicted octanol–water partition coefficient (Wildman–Crippen LogP) is 1.04. The van der Waals surface area contributed by atoms with E-state index in [0.717, 1.165) is 28.6 Å². The first kappa shape index (κ1) is 8.35. The van der Waals surface area contributed by atoms with Crippen molar-refractivity contribution in [2.75, 3.05) is 12.3 Å². The van der Waals surface area contributed by atoms with Crippen LogP contribution in [0.2, 0.25) is 0 Å². The number of aromatic nitrogens is 1. The first-order valence-corrected chi connectivity index (χ1v) is 4.94. The van der Waals surface area contributed by atoms with Crippen molar-refractivity contribution >= 4 is 22.5 Å². The number of nitrogens with two attached hydrogens (primary N) is 1. The molecule has 2 aromatic rings. The minimum Gasteiger partial charge on any atom is -0.399 e. The second-order valence-corrected chi connectivity index (χ2v) is 3.79. The van der Waals surface area contributed by atoms with Crippen LogP contribution in [0.4, 0.5) is 5.69 Å².